The molecular weight excluding hydrogens is 383 g/mol. The molecule has 0 bridgehead atoms. The maximum atomic E-state index is 11.4. The maximum Gasteiger partial charge on any atom is 0.219 e. The minimum absolute atomic E-state index is 0.152. The first kappa shape index (κ1) is 14.5. The van der Waals surface area contributed by atoms with E-state index in [-0.39, 0.29) is 5.91 Å². The molecule has 3 heterocycles. The summed E-state index contributed by atoms with van der Waals surface area (Å²) < 4.78 is 2.69. The third-order valence-corrected chi connectivity index (χ3v) is 4.59. The molecule has 0 aliphatic carbocycles. The average Bonchev–Trinajstić information content (AvgIpc) is 2.76. The molecule has 2 aromatic rings. The molecule has 0 unspecified atom stereocenters. The van der Waals surface area contributed by atoms with Crippen molar-refractivity contribution in [2.45, 2.75) is 25.8 Å². The highest BCUT2D eigenvalue weighted by atomic mass is 127. The Morgan fingerprint density at radius 2 is 2.10 bits per heavy atom. The van der Waals surface area contributed by atoms with E-state index in [2.05, 4.69) is 43.0 Å². The number of likely N-dealkylation sites (tertiary alicyclic amines) is 1. The predicted molar refractivity (Wildman–Crippen MR) is 87.9 cm³/mol. The van der Waals surface area contributed by atoms with Gasteiger partial charge in [-0.1, -0.05) is 0 Å². The molecule has 1 N–H and O–H groups in total. The fourth-order valence-electron chi connectivity index (χ4n) is 2.70. The molecule has 1 aliphatic heterocycles. The van der Waals surface area contributed by atoms with E-state index in [1.807, 2.05) is 16.6 Å². The quantitative estimate of drug-likeness (QED) is 0.772. The van der Waals surface area contributed by atoms with Gasteiger partial charge >= 0.3 is 0 Å². The summed E-state index contributed by atoms with van der Waals surface area (Å²) in [6.45, 7) is 3.22. The number of carbonyl (C=O) groups is 1. The molecule has 0 saturated carbocycles. The summed E-state index contributed by atoms with van der Waals surface area (Å²) in [6.07, 6.45) is 3.43. The van der Waals surface area contributed by atoms with Crippen molar-refractivity contribution in [2.75, 3.05) is 18.4 Å². The van der Waals surface area contributed by atoms with E-state index < -0.39 is 0 Å². The molecule has 112 valence electrons. The lowest BCUT2D eigenvalue weighted by Crippen LogP contribution is -2.41. The largest absolute Gasteiger partial charge is 0.365 e. The molecule has 0 atom stereocenters. The SMILES string of the molecule is CC(=O)N1CCC(Nc2ncnc3c(I)nn(C)c23)CC1. The Balaban J connectivity index is 1.79. The van der Waals surface area contributed by atoms with Crippen LogP contribution in [0.5, 0.6) is 0 Å². The Morgan fingerprint density at radius 3 is 2.76 bits per heavy atom. The first-order valence-electron chi connectivity index (χ1n) is 6.91. The van der Waals surface area contributed by atoms with E-state index in [9.17, 15) is 4.79 Å². The van der Waals surface area contributed by atoms with Crippen molar-refractivity contribution in [3.05, 3.63) is 10.0 Å². The molecule has 0 aromatic carbocycles. The number of anilines is 1. The maximum absolute atomic E-state index is 11.4. The van der Waals surface area contributed by atoms with Gasteiger partial charge in [0.05, 0.1) is 0 Å². The third-order valence-electron chi connectivity index (χ3n) is 3.86. The predicted octanol–water partition coefficient (Wildman–Crippen LogP) is 1.39. The van der Waals surface area contributed by atoms with Crippen LogP contribution in [0.25, 0.3) is 11.0 Å². The van der Waals surface area contributed by atoms with E-state index in [0.29, 0.717) is 6.04 Å². The number of piperidine rings is 1. The smallest absolute Gasteiger partial charge is 0.219 e. The molecule has 1 saturated heterocycles. The van der Waals surface area contributed by atoms with Crippen molar-refractivity contribution in [1.29, 1.82) is 0 Å². The second-order valence-corrected chi connectivity index (χ2v) is 6.28. The second-order valence-electron chi connectivity index (χ2n) is 5.26. The minimum Gasteiger partial charge on any atom is -0.365 e. The summed E-state index contributed by atoms with van der Waals surface area (Å²) in [5.74, 6) is 0.971. The number of hydrogen-bond acceptors (Lipinski definition) is 5. The highest BCUT2D eigenvalue weighted by Gasteiger charge is 2.22. The van der Waals surface area contributed by atoms with Gasteiger partial charge in [0.1, 0.15) is 21.1 Å². The number of nitrogens with zero attached hydrogens (tertiary/aromatic N) is 5. The van der Waals surface area contributed by atoms with Crippen molar-refractivity contribution < 1.29 is 4.79 Å². The van der Waals surface area contributed by atoms with Gasteiger partial charge in [-0.15, -0.1) is 0 Å². The van der Waals surface area contributed by atoms with Gasteiger partial charge in [0, 0.05) is 33.1 Å². The van der Waals surface area contributed by atoms with Crippen LogP contribution in [0.2, 0.25) is 0 Å². The molecule has 1 aliphatic rings. The lowest BCUT2D eigenvalue weighted by Gasteiger charge is -2.32. The Hall–Kier alpha value is -1.45. The van der Waals surface area contributed by atoms with Crippen LogP contribution in [-0.2, 0) is 11.8 Å². The van der Waals surface area contributed by atoms with Crippen LogP contribution in [0.1, 0.15) is 19.8 Å². The number of halogens is 1. The van der Waals surface area contributed by atoms with Gasteiger partial charge in [0.15, 0.2) is 5.82 Å². The lowest BCUT2D eigenvalue weighted by molar-refractivity contribution is -0.129. The Morgan fingerprint density at radius 1 is 1.38 bits per heavy atom. The van der Waals surface area contributed by atoms with Gasteiger partial charge < -0.3 is 10.2 Å². The first-order chi connectivity index (χ1) is 10.1. The molecule has 0 spiro atoms. The van der Waals surface area contributed by atoms with Crippen LogP contribution in [0, 0.1) is 3.70 Å². The van der Waals surface area contributed by atoms with Crippen molar-refractivity contribution in [3.8, 4) is 0 Å². The van der Waals surface area contributed by atoms with E-state index in [4.69, 9.17) is 0 Å². The van der Waals surface area contributed by atoms with E-state index in [0.717, 1.165) is 46.5 Å². The van der Waals surface area contributed by atoms with Crippen LogP contribution in [0.15, 0.2) is 6.33 Å². The van der Waals surface area contributed by atoms with Crippen LogP contribution >= 0.6 is 22.6 Å². The molecule has 1 amide bonds. The van der Waals surface area contributed by atoms with Crippen molar-refractivity contribution in [1.82, 2.24) is 24.6 Å². The topological polar surface area (TPSA) is 75.9 Å². The molecule has 0 radical (unpaired) electrons. The number of nitrogens with one attached hydrogen (secondary N) is 1. The van der Waals surface area contributed by atoms with Gasteiger partial charge in [-0.2, -0.15) is 5.10 Å². The van der Waals surface area contributed by atoms with Gasteiger partial charge in [-0.25, -0.2) is 9.97 Å². The van der Waals surface area contributed by atoms with Crippen LogP contribution in [0.4, 0.5) is 5.82 Å². The summed E-state index contributed by atoms with van der Waals surface area (Å²) in [5, 5.41) is 7.87. The summed E-state index contributed by atoms with van der Waals surface area (Å²) in [6, 6.07) is 0.325. The molecule has 3 rings (SSSR count). The molecule has 7 nitrogen and oxygen atoms in total. The Labute approximate surface area is 136 Å². The molecule has 1 fully saturated rings. The zero-order valence-corrected chi connectivity index (χ0v) is 14.2. The van der Waals surface area contributed by atoms with E-state index in [1.165, 1.54) is 0 Å². The minimum atomic E-state index is 0.152. The number of amides is 1. The number of aromatic nitrogens is 4. The number of carbonyl (C=O) groups excluding carboxylic acids is 1. The number of aryl methyl sites for hydroxylation is 1. The number of hydrogen-bond donors (Lipinski definition) is 1. The van der Waals surface area contributed by atoms with Crippen LogP contribution < -0.4 is 5.32 Å². The normalized spacial score (nSPS) is 16.4. The molecule has 8 heteroatoms. The van der Waals surface area contributed by atoms with Crippen molar-refractivity contribution in [2.24, 2.45) is 7.05 Å². The molecular formula is C13H17IN6O. The van der Waals surface area contributed by atoms with Gasteiger partial charge in [-0.3, -0.25) is 9.48 Å². The van der Waals surface area contributed by atoms with Crippen molar-refractivity contribution in [3.63, 3.8) is 0 Å². The summed E-state index contributed by atoms with van der Waals surface area (Å²) in [7, 11) is 1.90. The number of fused-ring (bicyclic) bond motifs is 1. The molecule has 21 heavy (non-hydrogen) atoms. The summed E-state index contributed by atoms with van der Waals surface area (Å²) in [4.78, 5) is 21.9. The lowest BCUT2D eigenvalue weighted by atomic mass is 10.1. The fraction of sp³-hybridized carbons (Fsp3) is 0.538. The number of rotatable bonds is 2. The van der Waals surface area contributed by atoms with Gasteiger partial charge in [0.2, 0.25) is 5.91 Å². The standard InChI is InChI=1S/C13H17IN6O/c1-8(21)20-5-3-9(4-6-20)17-13-11-10(15-7-16-13)12(14)18-19(11)2/h7,9H,3-6H2,1-2H3,(H,15,16,17). The Kier molecular flexibility index (Phi) is 3.96. The highest BCUT2D eigenvalue weighted by Crippen LogP contribution is 2.24. The van der Waals surface area contributed by atoms with Crippen LogP contribution in [-0.4, -0.2) is 49.7 Å². The molecule has 2 aromatic heterocycles. The zero-order chi connectivity index (χ0) is 15.0. The Bertz CT molecular complexity index is 677. The second kappa shape index (κ2) is 5.74. The van der Waals surface area contributed by atoms with Gasteiger partial charge in [-0.05, 0) is 35.4 Å². The summed E-state index contributed by atoms with van der Waals surface area (Å²) >= 11 is 2.18. The first-order valence-corrected chi connectivity index (χ1v) is 7.99. The van der Waals surface area contributed by atoms with Crippen molar-refractivity contribution >= 4 is 45.3 Å². The monoisotopic (exact) mass is 400 g/mol. The highest BCUT2D eigenvalue weighted by molar-refractivity contribution is 14.1. The van der Waals surface area contributed by atoms with Gasteiger partial charge in [0.25, 0.3) is 0 Å². The zero-order valence-electron chi connectivity index (χ0n) is 12.0. The average molecular weight is 400 g/mol. The van der Waals surface area contributed by atoms with E-state index >= 15 is 0 Å². The van der Waals surface area contributed by atoms with E-state index in [1.54, 1.807) is 13.3 Å². The summed E-state index contributed by atoms with van der Waals surface area (Å²) in [5.41, 5.74) is 1.80. The third kappa shape index (κ3) is 2.81. The fourth-order valence-corrected chi connectivity index (χ4v) is 3.42. The van der Waals surface area contributed by atoms with Crippen LogP contribution in [0.3, 0.4) is 0 Å².